The van der Waals surface area contributed by atoms with Gasteiger partial charge in [0.05, 0.1) is 17.2 Å². The first-order valence-electron chi connectivity index (χ1n) is 8.93. The van der Waals surface area contributed by atoms with Crippen LogP contribution < -0.4 is 15.4 Å². The summed E-state index contributed by atoms with van der Waals surface area (Å²) in [7, 11) is 0. The van der Waals surface area contributed by atoms with Gasteiger partial charge in [-0.25, -0.2) is 0 Å². The van der Waals surface area contributed by atoms with Crippen LogP contribution in [0.4, 0.5) is 0 Å². The van der Waals surface area contributed by atoms with Crippen LogP contribution >= 0.6 is 23.2 Å². The number of ether oxygens (including phenoxy) is 1. The molecule has 1 aromatic carbocycles. The van der Waals surface area contributed by atoms with Gasteiger partial charge in [0.25, 0.3) is 5.09 Å². The zero-order chi connectivity index (χ0) is 22.2. The second kappa shape index (κ2) is 10.8. The van der Waals surface area contributed by atoms with Crippen LogP contribution in [-0.2, 0) is 9.63 Å². The molecule has 0 bridgehead atoms. The van der Waals surface area contributed by atoms with E-state index in [0.29, 0.717) is 15.8 Å². The van der Waals surface area contributed by atoms with Crippen LogP contribution in [0.1, 0.15) is 34.1 Å². The van der Waals surface area contributed by atoms with Gasteiger partial charge in [-0.2, -0.15) is 0 Å². The third kappa shape index (κ3) is 9.49. The molecule has 0 aromatic heterocycles. The lowest BCUT2D eigenvalue weighted by Crippen LogP contribution is -2.59. The minimum atomic E-state index is -1.00. The summed E-state index contributed by atoms with van der Waals surface area (Å²) in [6.45, 7) is 6.71. The smallest absolute Gasteiger partial charge is 0.294 e. The molecule has 0 saturated carbocycles. The molecule has 0 heterocycles. The summed E-state index contributed by atoms with van der Waals surface area (Å²) >= 11 is 11.9. The number of amides is 1. The Morgan fingerprint density at radius 1 is 1.31 bits per heavy atom. The number of carbonyl (C=O) groups is 1. The van der Waals surface area contributed by atoms with E-state index in [9.17, 15) is 20.0 Å². The van der Waals surface area contributed by atoms with E-state index in [1.54, 1.807) is 45.9 Å². The molecule has 0 spiro atoms. The van der Waals surface area contributed by atoms with Gasteiger partial charge in [0.2, 0.25) is 5.91 Å². The van der Waals surface area contributed by atoms with Gasteiger partial charge < -0.3 is 25.3 Å². The average Bonchev–Trinajstić information content (AvgIpc) is 2.59. The number of nitrogens with one attached hydrogen (secondary N) is 2. The Hall–Kier alpha value is -1.81. The van der Waals surface area contributed by atoms with Gasteiger partial charge >= 0.3 is 0 Å². The maximum atomic E-state index is 12.6. The van der Waals surface area contributed by atoms with Gasteiger partial charge in [0.15, 0.2) is 0 Å². The van der Waals surface area contributed by atoms with Crippen molar-refractivity contribution in [3.63, 3.8) is 0 Å². The molecule has 1 atom stereocenters. The topological polar surface area (TPSA) is 123 Å². The van der Waals surface area contributed by atoms with E-state index in [1.165, 1.54) is 0 Å². The van der Waals surface area contributed by atoms with Crippen molar-refractivity contribution >= 4 is 29.1 Å². The summed E-state index contributed by atoms with van der Waals surface area (Å²) in [5, 5.41) is 26.1. The first-order valence-corrected chi connectivity index (χ1v) is 9.69. The molecule has 0 fully saturated rings. The first kappa shape index (κ1) is 25.2. The van der Waals surface area contributed by atoms with Crippen LogP contribution in [0.3, 0.4) is 0 Å². The maximum absolute atomic E-state index is 12.6. The second-order valence-electron chi connectivity index (χ2n) is 7.69. The molecule has 1 aromatic rings. The molecule has 164 valence electrons. The van der Waals surface area contributed by atoms with Crippen molar-refractivity contribution in [2.75, 3.05) is 19.8 Å². The van der Waals surface area contributed by atoms with Gasteiger partial charge in [-0.15, -0.1) is 10.1 Å². The van der Waals surface area contributed by atoms with E-state index >= 15 is 0 Å². The molecule has 9 nitrogen and oxygen atoms in total. The number of aliphatic hydroxyl groups excluding tert-OH is 1. The Labute approximate surface area is 179 Å². The molecule has 3 N–H and O–H groups in total. The minimum absolute atomic E-state index is 0.0471. The normalized spacial score (nSPS) is 12.9. The highest BCUT2D eigenvalue weighted by atomic mass is 35.5. The first-order chi connectivity index (χ1) is 13.3. The number of hydrogen-bond acceptors (Lipinski definition) is 7. The van der Waals surface area contributed by atoms with Gasteiger partial charge in [-0.1, -0.05) is 23.2 Å². The number of carbonyl (C=O) groups excluding carboxylic acids is 1. The van der Waals surface area contributed by atoms with E-state index in [-0.39, 0.29) is 32.1 Å². The van der Waals surface area contributed by atoms with Crippen LogP contribution in [0.2, 0.25) is 10.0 Å². The molecule has 0 aliphatic carbocycles. The SMILES string of the molecule is CC(C)(CCO[N+](=O)[O-])NC(=O)C(C)(C)NCC(O)COc1cc(Cl)ccc1Cl. The number of rotatable bonds is 12. The van der Waals surface area contributed by atoms with Gasteiger partial charge in [0.1, 0.15) is 18.5 Å². The lowest BCUT2D eigenvalue weighted by Gasteiger charge is -2.33. The number of β-amino-alcohol motifs (C(OH)–C–C–N with tert-alkyl or cyclic N) is 1. The number of aliphatic hydroxyl groups is 1. The summed E-state index contributed by atoms with van der Waals surface area (Å²) in [6.07, 6.45) is -0.647. The van der Waals surface area contributed by atoms with E-state index in [4.69, 9.17) is 27.9 Å². The Balaban J connectivity index is 2.48. The summed E-state index contributed by atoms with van der Waals surface area (Å²) in [5.41, 5.74) is -1.72. The predicted octanol–water partition coefficient (Wildman–Crippen LogP) is 2.59. The van der Waals surface area contributed by atoms with Crippen molar-refractivity contribution in [1.29, 1.82) is 0 Å². The molecule has 0 saturated heterocycles. The maximum Gasteiger partial charge on any atom is 0.294 e. The van der Waals surface area contributed by atoms with Crippen LogP contribution in [0.15, 0.2) is 18.2 Å². The van der Waals surface area contributed by atoms with E-state index in [0.717, 1.165) is 0 Å². The van der Waals surface area contributed by atoms with Crippen LogP contribution in [-0.4, -0.2) is 53.0 Å². The van der Waals surface area contributed by atoms with E-state index in [1.807, 2.05) is 0 Å². The Morgan fingerprint density at radius 3 is 2.59 bits per heavy atom. The Kier molecular flexibility index (Phi) is 9.41. The molecule has 0 aliphatic heterocycles. The number of benzene rings is 1. The lowest BCUT2D eigenvalue weighted by atomic mass is 9.97. The molecular formula is C18H27Cl2N3O6. The van der Waals surface area contributed by atoms with Crippen molar-refractivity contribution in [2.24, 2.45) is 0 Å². The average molecular weight is 452 g/mol. The molecule has 1 unspecified atom stereocenters. The van der Waals surface area contributed by atoms with E-state index < -0.39 is 22.3 Å². The summed E-state index contributed by atoms with van der Waals surface area (Å²) in [5.74, 6) is 0.0310. The number of hydrogen-bond donors (Lipinski definition) is 3. The van der Waals surface area contributed by atoms with Gasteiger partial charge in [-0.05, 0) is 46.2 Å². The third-order valence-electron chi connectivity index (χ3n) is 4.05. The van der Waals surface area contributed by atoms with Crippen molar-refractivity contribution < 1.29 is 24.6 Å². The van der Waals surface area contributed by atoms with Gasteiger partial charge in [0, 0.05) is 23.2 Å². The van der Waals surface area contributed by atoms with Crippen molar-refractivity contribution in [3.05, 3.63) is 38.4 Å². The van der Waals surface area contributed by atoms with Gasteiger partial charge in [-0.3, -0.25) is 4.79 Å². The molecule has 0 aliphatic rings. The lowest BCUT2D eigenvalue weighted by molar-refractivity contribution is -0.758. The highest BCUT2D eigenvalue weighted by molar-refractivity contribution is 6.34. The fraction of sp³-hybridized carbons (Fsp3) is 0.611. The van der Waals surface area contributed by atoms with E-state index in [2.05, 4.69) is 15.5 Å². The zero-order valence-electron chi connectivity index (χ0n) is 16.8. The third-order valence-corrected chi connectivity index (χ3v) is 4.59. The molecule has 11 heteroatoms. The second-order valence-corrected chi connectivity index (χ2v) is 8.53. The van der Waals surface area contributed by atoms with Crippen molar-refractivity contribution in [3.8, 4) is 5.75 Å². The summed E-state index contributed by atoms with van der Waals surface area (Å²) in [6, 6.07) is 4.77. The number of halogens is 2. The predicted molar refractivity (Wildman–Crippen MR) is 110 cm³/mol. The van der Waals surface area contributed by atoms with Crippen molar-refractivity contribution in [2.45, 2.75) is 51.3 Å². The minimum Gasteiger partial charge on any atom is -0.489 e. The summed E-state index contributed by atoms with van der Waals surface area (Å²) < 4.78 is 5.47. The highest BCUT2D eigenvalue weighted by Crippen LogP contribution is 2.27. The largest absolute Gasteiger partial charge is 0.489 e. The zero-order valence-corrected chi connectivity index (χ0v) is 18.3. The molecular weight excluding hydrogens is 425 g/mol. The Morgan fingerprint density at radius 2 is 1.97 bits per heavy atom. The van der Waals surface area contributed by atoms with Crippen LogP contribution in [0, 0.1) is 10.1 Å². The number of nitrogens with zero attached hydrogens (tertiary/aromatic N) is 1. The summed E-state index contributed by atoms with van der Waals surface area (Å²) in [4.78, 5) is 27.1. The fourth-order valence-corrected chi connectivity index (χ4v) is 2.52. The Bertz CT molecular complexity index is 715. The van der Waals surface area contributed by atoms with Crippen molar-refractivity contribution in [1.82, 2.24) is 10.6 Å². The monoisotopic (exact) mass is 451 g/mol. The molecule has 1 rings (SSSR count). The standard InChI is InChI=1S/C18H27Cl2N3O6/c1-17(2,7-8-29-23(26)27)22-16(25)18(3,4)21-10-13(24)11-28-15-9-12(19)5-6-14(15)20/h5-6,9,13,21,24H,7-8,10-11H2,1-4H3,(H,22,25). The molecule has 0 radical (unpaired) electrons. The van der Waals surface area contributed by atoms with Crippen LogP contribution in [0.5, 0.6) is 5.75 Å². The fourth-order valence-electron chi connectivity index (χ4n) is 2.19. The molecule has 1 amide bonds. The molecule has 29 heavy (non-hydrogen) atoms. The van der Waals surface area contributed by atoms with Crippen LogP contribution in [0.25, 0.3) is 0 Å². The highest BCUT2D eigenvalue weighted by Gasteiger charge is 2.32. The quantitative estimate of drug-likeness (QED) is 0.329.